The van der Waals surface area contributed by atoms with Crippen LogP contribution in [0.2, 0.25) is 0 Å². The Morgan fingerprint density at radius 3 is 3.05 bits per heavy atom. The zero-order valence-corrected chi connectivity index (χ0v) is 12.1. The number of rotatable bonds is 4. The van der Waals surface area contributed by atoms with E-state index in [9.17, 15) is 4.79 Å². The lowest BCUT2D eigenvalue weighted by Crippen LogP contribution is -2.54. The van der Waals surface area contributed by atoms with Crippen molar-refractivity contribution in [2.75, 3.05) is 19.7 Å². The van der Waals surface area contributed by atoms with Crippen LogP contribution in [0.5, 0.6) is 0 Å². The molecule has 0 radical (unpaired) electrons. The number of thiophene rings is 1. The number of fused-ring (bicyclic) bond motifs is 1. The predicted octanol–water partition coefficient (Wildman–Crippen LogP) is 2.18. The molecule has 4 nitrogen and oxygen atoms in total. The van der Waals surface area contributed by atoms with Crippen molar-refractivity contribution in [1.82, 2.24) is 4.90 Å². The number of amides is 1. The maximum atomic E-state index is 11.8. The molecule has 5 heteroatoms. The fourth-order valence-corrected chi connectivity index (χ4v) is 3.05. The van der Waals surface area contributed by atoms with Crippen molar-refractivity contribution in [3.8, 4) is 0 Å². The molecule has 1 aliphatic rings. The van der Waals surface area contributed by atoms with Gasteiger partial charge in [-0.25, -0.2) is 0 Å². The summed E-state index contributed by atoms with van der Waals surface area (Å²) >= 11 is 1.72. The van der Waals surface area contributed by atoms with E-state index in [1.165, 1.54) is 10.1 Å². The SMILES string of the molecule is CC(OCC(=O)N1CC(O)C1)c1ccc2sccc2c1. The minimum atomic E-state index is -0.364. The standard InChI is InChI=1S/C15H17NO3S/c1-10(19-9-15(18)16-7-13(17)8-16)11-2-3-14-12(6-11)4-5-20-14/h2-6,10,13,17H,7-9H2,1H3. The van der Waals surface area contributed by atoms with E-state index in [2.05, 4.69) is 23.6 Å². The molecule has 2 aromatic rings. The van der Waals surface area contributed by atoms with E-state index in [0.717, 1.165) is 5.56 Å². The molecule has 1 aromatic carbocycles. The van der Waals surface area contributed by atoms with Gasteiger partial charge in [0.05, 0.1) is 12.2 Å². The second kappa shape index (κ2) is 5.52. The fraction of sp³-hybridized carbons (Fsp3) is 0.400. The molecule has 1 atom stereocenters. The van der Waals surface area contributed by atoms with Crippen molar-refractivity contribution in [3.05, 3.63) is 35.2 Å². The van der Waals surface area contributed by atoms with Crippen LogP contribution in [0.3, 0.4) is 0 Å². The van der Waals surface area contributed by atoms with Gasteiger partial charge in [0, 0.05) is 17.8 Å². The molecule has 20 heavy (non-hydrogen) atoms. The molecule has 2 heterocycles. The van der Waals surface area contributed by atoms with Crippen LogP contribution in [0.25, 0.3) is 10.1 Å². The molecular formula is C15H17NO3S. The van der Waals surface area contributed by atoms with Gasteiger partial charge in [0.2, 0.25) is 5.91 Å². The van der Waals surface area contributed by atoms with Crippen LogP contribution in [0.4, 0.5) is 0 Å². The Morgan fingerprint density at radius 2 is 2.30 bits per heavy atom. The Hall–Kier alpha value is -1.43. The van der Waals surface area contributed by atoms with Crippen molar-refractivity contribution in [3.63, 3.8) is 0 Å². The lowest BCUT2D eigenvalue weighted by molar-refractivity contribution is -0.148. The number of ether oxygens (including phenoxy) is 1. The maximum absolute atomic E-state index is 11.8. The molecule has 0 saturated carbocycles. The first-order valence-electron chi connectivity index (χ1n) is 6.68. The van der Waals surface area contributed by atoms with Gasteiger partial charge in [-0.3, -0.25) is 4.79 Å². The fourth-order valence-electron chi connectivity index (χ4n) is 2.28. The van der Waals surface area contributed by atoms with Crippen LogP contribution < -0.4 is 0 Å². The van der Waals surface area contributed by atoms with Crippen molar-refractivity contribution in [2.24, 2.45) is 0 Å². The summed E-state index contributed by atoms with van der Waals surface area (Å²) in [6.45, 7) is 2.87. The second-order valence-electron chi connectivity index (χ2n) is 5.12. The van der Waals surface area contributed by atoms with Crippen LogP contribution in [0.15, 0.2) is 29.6 Å². The van der Waals surface area contributed by atoms with Crippen molar-refractivity contribution in [1.29, 1.82) is 0 Å². The summed E-state index contributed by atoms with van der Waals surface area (Å²) in [6, 6.07) is 8.32. The zero-order valence-electron chi connectivity index (χ0n) is 11.3. The largest absolute Gasteiger partial charge is 0.389 e. The number of carbonyl (C=O) groups excluding carboxylic acids is 1. The molecule has 1 unspecified atom stereocenters. The van der Waals surface area contributed by atoms with Gasteiger partial charge in [0.1, 0.15) is 6.61 Å². The van der Waals surface area contributed by atoms with E-state index in [0.29, 0.717) is 13.1 Å². The molecule has 1 aromatic heterocycles. The summed E-state index contributed by atoms with van der Waals surface area (Å²) in [5.41, 5.74) is 1.08. The first kappa shape index (κ1) is 13.5. The van der Waals surface area contributed by atoms with E-state index in [1.807, 2.05) is 13.0 Å². The molecule has 0 aliphatic carbocycles. The maximum Gasteiger partial charge on any atom is 0.248 e. The summed E-state index contributed by atoms with van der Waals surface area (Å²) in [6.07, 6.45) is -0.480. The summed E-state index contributed by atoms with van der Waals surface area (Å²) < 4.78 is 6.89. The van der Waals surface area contributed by atoms with Gasteiger partial charge in [-0.15, -0.1) is 11.3 Å². The number of hydrogen-bond acceptors (Lipinski definition) is 4. The van der Waals surface area contributed by atoms with Gasteiger partial charge in [0.25, 0.3) is 0 Å². The Morgan fingerprint density at radius 1 is 1.50 bits per heavy atom. The Kier molecular flexibility index (Phi) is 3.74. The molecule has 1 amide bonds. The predicted molar refractivity (Wildman–Crippen MR) is 78.8 cm³/mol. The monoisotopic (exact) mass is 291 g/mol. The average molecular weight is 291 g/mol. The molecule has 0 bridgehead atoms. The zero-order chi connectivity index (χ0) is 14.1. The van der Waals surface area contributed by atoms with Crippen LogP contribution in [0, 0.1) is 0 Å². The quantitative estimate of drug-likeness (QED) is 0.939. The second-order valence-corrected chi connectivity index (χ2v) is 6.07. The normalized spacial score (nSPS) is 17.2. The highest BCUT2D eigenvalue weighted by atomic mass is 32.1. The first-order valence-corrected chi connectivity index (χ1v) is 7.56. The molecule has 1 N–H and O–H groups in total. The van der Waals surface area contributed by atoms with Gasteiger partial charge in [0.15, 0.2) is 0 Å². The first-order chi connectivity index (χ1) is 9.63. The Balaban J connectivity index is 1.58. The summed E-state index contributed by atoms with van der Waals surface area (Å²) in [4.78, 5) is 13.4. The lowest BCUT2D eigenvalue weighted by Gasteiger charge is -2.35. The van der Waals surface area contributed by atoms with Crippen molar-refractivity contribution in [2.45, 2.75) is 19.1 Å². The summed E-state index contributed by atoms with van der Waals surface area (Å²) in [5.74, 6) is -0.0567. The molecule has 3 rings (SSSR count). The molecule has 1 saturated heterocycles. The number of hydrogen-bond donors (Lipinski definition) is 1. The number of nitrogens with zero attached hydrogens (tertiary/aromatic N) is 1. The minimum Gasteiger partial charge on any atom is -0.389 e. The number of aliphatic hydroxyl groups excluding tert-OH is 1. The third-order valence-electron chi connectivity index (χ3n) is 3.62. The van der Waals surface area contributed by atoms with Crippen LogP contribution >= 0.6 is 11.3 Å². The van der Waals surface area contributed by atoms with Gasteiger partial charge in [-0.2, -0.15) is 0 Å². The average Bonchev–Trinajstić information content (AvgIpc) is 2.88. The van der Waals surface area contributed by atoms with Gasteiger partial charge in [-0.1, -0.05) is 6.07 Å². The number of carbonyl (C=O) groups is 1. The molecule has 106 valence electrons. The highest BCUT2D eigenvalue weighted by Crippen LogP contribution is 2.26. The number of aliphatic hydroxyl groups is 1. The molecular weight excluding hydrogens is 274 g/mol. The van der Waals surface area contributed by atoms with E-state index in [4.69, 9.17) is 9.84 Å². The number of β-amino-alcohol motifs (C(OH)–C–C–N with tert-alkyl or cyclic N) is 1. The van der Waals surface area contributed by atoms with Crippen molar-refractivity contribution < 1.29 is 14.6 Å². The van der Waals surface area contributed by atoms with Crippen LogP contribution in [-0.4, -0.2) is 41.7 Å². The Labute approximate surface area is 121 Å². The van der Waals surface area contributed by atoms with E-state index >= 15 is 0 Å². The van der Waals surface area contributed by atoms with Gasteiger partial charge < -0.3 is 14.7 Å². The number of benzene rings is 1. The van der Waals surface area contributed by atoms with Gasteiger partial charge >= 0.3 is 0 Å². The topological polar surface area (TPSA) is 49.8 Å². The van der Waals surface area contributed by atoms with Crippen LogP contribution in [0.1, 0.15) is 18.6 Å². The third-order valence-corrected chi connectivity index (χ3v) is 4.52. The van der Waals surface area contributed by atoms with E-state index < -0.39 is 0 Å². The highest BCUT2D eigenvalue weighted by molar-refractivity contribution is 7.17. The highest BCUT2D eigenvalue weighted by Gasteiger charge is 2.28. The van der Waals surface area contributed by atoms with E-state index in [1.54, 1.807) is 16.2 Å². The van der Waals surface area contributed by atoms with Crippen molar-refractivity contribution >= 4 is 27.3 Å². The molecule has 1 aliphatic heterocycles. The third kappa shape index (κ3) is 2.70. The summed E-state index contributed by atoms with van der Waals surface area (Å²) in [7, 11) is 0. The Bertz CT molecular complexity index is 618. The van der Waals surface area contributed by atoms with Crippen LogP contribution in [-0.2, 0) is 9.53 Å². The summed E-state index contributed by atoms with van der Waals surface area (Å²) in [5, 5.41) is 12.4. The molecule has 0 spiro atoms. The molecule has 1 fully saturated rings. The number of likely N-dealkylation sites (tertiary alicyclic amines) is 1. The smallest absolute Gasteiger partial charge is 0.248 e. The minimum absolute atomic E-state index is 0.0567. The van der Waals surface area contributed by atoms with E-state index in [-0.39, 0.29) is 24.7 Å². The van der Waals surface area contributed by atoms with Gasteiger partial charge in [-0.05, 0) is 41.5 Å². The lowest BCUT2D eigenvalue weighted by atomic mass is 10.1.